The highest BCUT2D eigenvalue weighted by atomic mass is 28.3. The highest BCUT2D eigenvalue weighted by molar-refractivity contribution is 7.20. The lowest BCUT2D eigenvalue weighted by molar-refractivity contribution is -0.0893. The first-order valence-corrected chi connectivity index (χ1v) is 23.1. The second-order valence-electron chi connectivity index (χ2n) is 17.5. The van der Waals surface area contributed by atoms with E-state index in [-0.39, 0.29) is 11.8 Å². The van der Waals surface area contributed by atoms with Gasteiger partial charge in [0.25, 0.3) is 0 Å². The molecule has 1 radical (unpaired) electrons. The predicted molar refractivity (Wildman–Crippen MR) is 253 cm³/mol. The molecule has 2 bridgehead atoms. The van der Waals surface area contributed by atoms with Crippen LogP contribution in [0.3, 0.4) is 0 Å². The summed E-state index contributed by atoms with van der Waals surface area (Å²) in [4.78, 5) is 0. The summed E-state index contributed by atoms with van der Waals surface area (Å²) in [7, 11) is -1.24. The van der Waals surface area contributed by atoms with E-state index in [1.807, 2.05) is 35.2 Å². The van der Waals surface area contributed by atoms with Crippen LogP contribution in [0.25, 0.3) is 22.3 Å². The van der Waals surface area contributed by atoms with Crippen molar-refractivity contribution in [1.82, 2.24) is 0 Å². The molecule has 291 valence electrons. The predicted octanol–water partition coefficient (Wildman–Crippen LogP) is 9.20. The van der Waals surface area contributed by atoms with E-state index in [1.165, 1.54) is 76.4 Å². The maximum atomic E-state index is 11.1. The second kappa shape index (κ2) is 14.9. The molecule has 11 rings (SSSR count). The van der Waals surface area contributed by atoms with Gasteiger partial charge in [-0.3, -0.25) is 0 Å². The van der Waals surface area contributed by atoms with E-state index < -0.39 is 19.3 Å². The highest BCUT2D eigenvalue weighted by Crippen LogP contribution is 2.55. The fourth-order valence-corrected chi connectivity index (χ4v) is 15.0. The topological polar surface area (TPSA) is 29.5 Å². The second-order valence-corrected chi connectivity index (χ2v) is 21.2. The first-order chi connectivity index (χ1) is 29.2. The third-order valence-electron chi connectivity index (χ3n) is 13.5. The number of aliphatic hydroxyl groups is 1. The van der Waals surface area contributed by atoms with Gasteiger partial charge in [-0.1, -0.05) is 194 Å². The minimum absolute atomic E-state index is 0.0427. The lowest BCUT2D eigenvalue weighted by Crippen LogP contribution is -2.75. The molecule has 0 spiro atoms. The molecule has 0 amide bonds. The van der Waals surface area contributed by atoms with Crippen molar-refractivity contribution in [3.05, 3.63) is 234 Å². The summed E-state index contributed by atoms with van der Waals surface area (Å²) in [6, 6.07) is 74.8. The minimum Gasteiger partial charge on any atom is -0.427 e. The van der Waals surface area contributed by atoms with Gasteiger partial charge in [-0.2, -0.15) is 0 Å². The normalized spacial score (nSPS) is 15.5. The average Bonchev–Trinajstić information content (AvgIpc) is 3.29. The van der Waals surface area contributed by atoms with E-state index in [4.69, 9.17) is 4.65 Å². The molecule has 0 aromatic heterocycles. The van der Waals surface area contributed by atoms with Gasteiger partial charge < -0.3 is 9.76 Å². The van der Waals surface area contributed by atoms with Crippen molar-refractivity contribution in [3.63, 3.8) is 0 Å². The van der Waals surface area contributed by atoms with Crippen LogP contribution in [0.5, 0.6) is 0 Å². The molecule has 3 aliphatic carbocycles. The van der Waals surface area contributed by atoms with Crippen LogP contribution in [-0.2, 0) is 4.65 Å². The summed E-state index contributed by atoms with van der Waals surface area (Å²) in [5.74, 6) is 0.0134. The zero-order chi connectivity index (χ0) is 41.1. The highest BCUT2D eigenvalue weighted by Gasteiger charge is 2.50. The van der Waals surface area contributed by atoms with Gasteiger partial charge in [-0.25, -0.2) is 0 Å². The number of hydrogen-bond acceptors (Lipinski definition) is 2. The third kappa shape index (κ3) is 6.16. The molecule has 2 atom stereocenters. The van der Waals surface area contributed by atoms with E-state index in [0.29, 0.717) is 0 Å². The van der Waals surface area contributed by atoms with Gasteiger partial charge >= 0.3 is 7.48 Å². The van der Waals surface area contributed by atoms with Crippen molar-refractivity contribution in [3.8, 4) is 22.3 Å². The van der Waals surface area contributed by atoms with Gasteiger partial charge in [-0.15, -0.1) is 0 Å². The van der Waals surface area contributed by atoms with Crippen LogP contribution in [0.2, 0.25) is 0 Å². The van der Waals surface area contributed by atoms with Crippen LogP contribution >= 0.6 is 0 Å². The Balaban J connectivity index is 1.30. The van der Waals surface area contributed by atoms with Gasteiger partial charge in [0.2, 0.25) is 0 Å². The first-order valence-electron chi connectivity index (χ1n) is 21.1. The van der Waals surface area contributed by atoms with Crippen molar-refractivity contribution >= 4 is 41.8 Å². The Morgan fingerprint density at radius 1 is 0.433 bits per heavy atom. The standard InChI is InChI=1S/C56H48BO2Si/c1-55(2,58)56(3,4)59-57-49-33-19-31-47-51-45-29-17-18-30-46(45)54(52(47)49)53-48(51)32-20-34-50(53)60(42-25-13-7-14-26-42,43-27-15-8-16-28-43)44-36-40(38-21-9-5-10-22-38)35-41(37-44)39-23-11-6-12-24-39/h5-37,51,54,58H,1-4H3. The summed E-state index contributed by atoms with van der Waals surface area (Å²) in [6.45, 7) is 7.55. The molecule has 0 saturated heterocycles. The molecule has 4 heteroatoms. The van der Waals surface area contributed by atoms with E-state index in [9.17, 15) is 5.11 Å². The SMILES string of the molecule is CC(C)(O)C(C)(C)O[B]c1cccc2c1C1c3ccccc3C2c2cccc([Si](c3ccccc3)(c3ccccc3)c3cc(-c4ccccc4)cc(-c4ccccc4)c3)c21. The van der Waals surface area contributed by atoms with Crippen molar-refractivity contribution in [1.29, 1.82) is 0 Å². The molecular weight excluding hydrogens is 744 g/mol. The summed E-state index contributed by atoms with van der Waals surface area (Å²) in [5, 5.41) is 16.6. The summed E-state index contributed by atoms with van der Waals surface area (Å²) < 4.78 is 6.58. The molecule has 0 saturated carbocycles. The number of benzene rings is 8. The molecule has 8 aromatic rings. The number of hydrogen-bond donors (Lipinski definition) is 1. The molecule has 2 nitrogen and oxygen atoms in total. The van der Waals surface area contributed by atoms with Crippen molar-refractivity contribution in [2.24, 2.45) is 0 Å². The van der Waals surface area contributed by atoms with Crippen LogP contribution in [0, 0.1) is 0 Å². The molecule has 60 heavy (non-hydrogen) atoms. The van der Waals surface area contributed by atoms with E-state index in [0.717, 1.165) is 5.46 Å². The Bertz CT molecular complexity index is 2730. The fourth-order valence-electron chi connectivity index (χ4n) is 9.90. The lowest BCUT2D eigenvalue weighted by Gasteiger charge is -2.47. The molecule has 0 heterocycles. The fraction of sp³-hybridized carbons (Fsp3) is 0.143. The van der Waals surface area contributed by atoms with Gasteiger partial charge in [0.15, 0.2) is 8.07 Å². The molecule has 0 fully saturated rings. The molecule has 0 aliphatic heterocycles. The van der Waals surface area contributed by atoms with Crippen LogP contribution in [0.4, 0.5) is 0 Å². The molecular formula is C56H48BO2Si. The monoisotopic (exact) mass is 791 g/mol. The van der Waals surface area contributed by atoms with Crippen molar-refractivity contribution < 1.29 is 9.76 Å². The largest absolute Gasteiger partial charge is 0.427 e. The van der Waals surface area contributed by atoms with E-state index in [2.05, 4.69) is 200 Å². The van der Waals surface area contributed by atoms with E-state index in [1.54, 1.807) is 0 Å². The Labute approximate surface area is 356 Å². The Morgan fingerprint density at radius 3 is 1.42 bits per heavy atom. The maximum Gasteiger partial charge on any atom is 0.331 e. The van der Waals surface area contributed by atoms with Crippen LogP contribution < -0.4 is 26.2 Å². The maximum absolute atomic E-state index is 11.1. The Kier molecular flexibility index (Phi) is 9.48. The molecule has 2 unspecified atom stereocenters. The lowest BCUT2D eigenvalue weighted by atomic mass is 9.58. The van der Waals surface area contributed by atoms with Gasteiger partial charge in [-0.05, 0) is 116 Å². The van der Waals surface area contributed by atoms with Crippen LogP contribution in [0.15, 0.2) is 200 Å². The van der Waals surface area contributed by atoms with Crippen LogP contribution in [-0.4, -0.2) is 31.9 Å². The third-order valence-corrected chi connectivity index (χ3v) is 18.3. The zero-order valence-electron chi connectivity index (χ0n) is 34.6. The minimum atomic E-state index is -3.15. The number of rotatable bonds is 10. The Morgan fingerprint density at radius 2 is 0.883 bits per heavy atom. The Hall–Kier alpha value is -6.04. The zero-order valence-corrected chi connectivity index (χ0v) is 35.6. The van der Waals surface area contributed by atoms with Gasteiger partial charge in [0.1, 0.15) is 0 Å². The molecule has 1 N–H and O–H groups in total. The van der Waals surface area contributed by atoms with Crippen molar-refractivity contribution in [2.45, 2.75) is 50.7 Å². The average molecular weight is 792 g/mol. The smallest absolute Gasteiger partial charge is 0.331 e. The van der Waals surface area contributed by atoms with Gasteiger partial charge in [0, 0.05) is 11.8 Å². The summed E-state index contributed by atoms with van der Waals surface area (Å²) >= 11 is 0. The summed E-state index contributed by atoms with van der Waals surface area (Å²) in [6.07, 6.45) is 0. The first kappa shape index (κ1) is 38.2. The molecule has 3 aliphatic rings. The molecule has 8 aromatic carbocycles. The van der Waals surface area contributed by atoms with Gasteiger partial charge in [0.05, 0.1) is 11.2 Å². The summed E-state index contributed by atoms with van der Waals surface area (Å²) in [5.41, 5.74) is 12.1. The van der Waals surface area contributed by atoms with Crippen molar-refractivity contribution in [2.75, 3.05) is 0 Å². The van der Waals surface area contributed by atoms with E-state index >= 15 is 0 Å². The van der Waals surface area contributed by atoms with Crippen LogP contribution in [0.1, 0.15) is 72.9 Å². The quantitative estimate of drug-likeness (QED) is 0.111.